The van der Waals surface area contributed by atoms with Gasteiger partial charge in [0.05, 0.1) is 17.2 Å². The maximum atomic E-state index is 11.1. The van der Waals surface area contributed by atoms with Gasteiger partial charge in [0.2, 0.25) is 5.95 Å². The van der Waals surface area contributed by atoms with Gasteiger partial charge in [-0.1, -0.05) is 18.2 Å². The number of nitro groups is 1. The van der Waals surface area contributed by atoms with Crippen LogP contribution in [0.25, 0.3) is 0 Å². The van der Waals surface area contributed by atoms with Crippen LogP contribution in [-0.2, 0) is 6.54 Å². The predicted molar refractivity (Wildman–Crippen MR) is 90.0 cm³/mol. The minimum atomic E-state index is -0.388. The number of anilines is 2. The van der Waals surface area contributed by atoms with E-state index in [4.69, 9.17) is 5.11 Å². The lowest BCUT2D eigenvalue weighted by molar-refractivity contribution is -0.385. The third kappa shape index (κ3) is 3.96. The molecule has 3 N–H and O–H groups in total. The molecule has 126 valence electrons. The van der Waals surface area contributed by atoms with Crippen molar-refractivity contribution in [1.29, 1.82) is 0 Å². The molecule has 0 aliphatic heterocycles. The molecule has 1 heterocycles. The van der Waals surface area contributed by atoms with E-state index in [2.05, 4.69) is 20.6 Å². The Hall–Kier alpha value is -2.74. The van der Waals surface area contributed by atoms with Crippen LogP contribution >= 0.6 is 0 Å². The van der Waals surface area contributed by atoms with Crippen molar-refractivity contribution >= 4 is 17.5 Å². The van der Waals surface area contributed by atoms with E-state index in [0.29, 0.717) is 36.3 Å². The van der Waals surface area contributed by atoms with Gasteiger partial charge in [0, 0.05) is 36.7 Å². The SMILES string of the molecule is O=[N+]([O-])c1ccccc1CNc1cc(C2CC2)nc(NCCO)n1. The fraction of sp³-hybridized carbons (Fsp3) is 0.375. The smallest absolute Gasteiger partial charge is 0.274 e. The Bertz CT molecular complexity index is 733. The van der Waals surface area contributed by atoms with Crippen LogP contribution in [0.15, 0.2) is 30.3 Å². The van der Waals surface area contributed by atoms with Gasteiger partial charge in [-0.3, -0.25) is 10.1 Å². The van der Waals surface area contributed by atoms with E-state index in [0.717, 1.165) is 18.5 Å². The molecule has 0 atom stereocenters. The molecule has 1 aromatic carbocycles. The summed E-state index contributed by atoms with van der Waals surface area (Å²) >= 11 is 0. The van der Waals surface area contributed by atoms with E-state index >= 15 is 0 Å². The van der Waals surface area contributed by atoms with Gasteiger partial charge in [-0.2, -0.15) is 4.98 Å². The number of nitrogens with zero attached hydrogens (tertiary/aromatic N) is 3. The Morgan fingerprint density at radius 2 is 2.04 bits per heavy atom. The summed E-state index contributed by atoms with van der Waals surface area (Å²) in [6.07, 6.45) is 2.22. The fourth-order valence-corrected chi connectivity index (χ4v) is 2.42. The minimum absolute atomic E-state index is 0.00398. The largest absolute Gasteiger partial charge is 0.395 e. The zero-order valence-electron chi connectivity index (χ0n) is 13.1. The maximum Gasteiger partial charge on any atom is 0.274 e. The molecule has 8 heteroatoms. The second-order valence-electron chi connectivity index (χ2n) is 5.67. The van der Waals surface area contributed by atoms with Gasteiger partial charge >= 0.3 is 0 Å². The van der Waals surface area contributed by atoms with Gasteiger partial charge in [-0.15, -0.1) is 0 Å². The zero-order valence-corrected chi connectivity index (χ0v) is 13.1. The van der Waals surface area contributed by atoms with Crippen molar-refractivity contribution in [3.63, 3.8) is 0 Å². The number of aliphatic hydroxyl groups excluding tert-OH is 1. The molecule has 1 fully saturated rings. The monoisotopic (exact) mass is 329 g/mol. The fourth-order valence-electron chi connectivity index (χ4n) is 2.42. The molecule has 8 nitrogen and oxygen atoms in total. The Kier molecular flexibility index (Phi) is 4.85. The summed E-state index contributed by atoms with van der Waals surface area (Å²) in [4.78, 5) is 19.5. The molecule has 1 aliphatic carbocycles. The number of para-hydroxylation sites is 1. The molecule has 1 aliphatic rings. The van der Waals surface area contributed by atoms with Crippen molar-refractivity contribution in [3.05, 3.63) is 51.7 Å². The number of aliphatic hydroxyl groups is 1. The Labute approximate surface area is 139 Å². The van der Waals surface area contributed by atoms with Crippen LogP contribution in [-0.4, -0.2) is 33.1 Å². The highest BCUT2D eigenvalue weighted by atomic mass is 16.6. The van der Waals surface area contributed by atoms with Gasteiger partial charge in [0.1, 0.15) is 5.82 Å². The quantitative estimate of drug-likeness (QED) is 0.503. The van der Waals surface area contributed by atoms with Crippen molar-refractivity contribution < 1.29 is 10.0 Å². The lowest BCUT2D eigenvalue weighted by Crippen LogP contribution is -2.12. The van der Waals surface area contributed by atoms with Gasteiger partial charge < -0.3 is 15.7 Å². The average Bonchev–Trinajstić information content (AvgIpc) is 3.43. The van der Waals surface area contributed by atoms with Crippen molar-refractivity contribution in [3.8, 4) is 0 Å². The second-order valence-corrected chi connectivity index (χ2v) is 5.67. The maximum absolute atomic E-state index is 11.1. The highest BCUT2D eigenvalue weighted by Crippen LogP contribution is 2.39. The molecule has 3 rings (SSSR count). The Morgan fingerprint density at radius 1 is 1.25 bits per heavy atom. The van der Waals surface area contributed by atoms with E-state index in [-0.39, 0.29) is 17.2 Å². The molecule has 24 heavy (non-hydrogen) atoms. The molecular weight excluding hydrogens is 310 g/mol. The second kappa shape index (κ2) is 7.22. The highest BCUT2D eigenvalue weighted by Gasteiger charge is 2.26. The van der Waals surface area contributed by atoms with Gasteiger partial charge in [0.25, 0.3) is 5.69 Å². The van der Waals surface area contributed by atoms with Crippen LogP contribution in [0.4, 0.5) is 17.5 Å². The first-order chi connectivity index (χ1) is 11.7. The average molecular weight is 329 g/mol. The molecule has 0 radical (unpaired) electrons. The molecule has 0 saturated heterocycles. The van der Waals surface area contributed by atoms with Crippen molar-refractivity contribution in [2.24, 2.45) is 0 Å². The first-order valence-corrected chi connectivity index (χ1v) is 7.87. The summed E-state index contributed by atoms with van der Waals surface area (Å²) in [6, 6.07) is 8.51. The van der Waals surface area contributed by atoms with Crippen molar-refractivity contribution in [2.45, 2.75) is 25.3 Å². The lowest BCUT2D eigenvalue weighted by atomic mass is 10.2. The standard InChI is InChI=1S/C16H19N5O3/c22-8-7-17-16-19-13(11-5-6-11)9-15(20-16)18-10-12-3-1-2-4-14(12)21(23)24/h1-4,9,11,22H,5-8,10H2,(H2,17,18,19,20). The van der Waals surface area contributed by atoms with Crippen LogP contribution in [0.3, 0.4) is 0 Å². The van der Waals surface area contributed by atoms with E-state index in [1.165, 1.54) is 6.07 Å². The normalized spacial score (nSPS) is 13.5. The van der Waals surface area contributed by atoms with Crippen LogP contribution in [0.1, 0.15) is 30.0 Å². The van der Waals surface area contributed by atoms with Crippen LogP contribution in [0, 0.1) is 10.1 Å². The Morgan fingerprint density at radius 3 is 2.75 bits per heavy atom. The summed E-state index contributed by atoms with van der Waals surface area (Å²) in [5.74, 6) is 1.53. The first kappa shape index (κ1) is 16.1. The molecule has 0 amide bonds. The molecule has 2 aromatic rings. The molecular formula is C16H19N5O3. The molecule has 1 saturated carbocycles. The number of benzene rings is 1. The minimum Gasteiger partial charge on any atom is -0.395 e. The van der Waals surface area contributed by atoms with Crippen LogP contribution in [0.5, 0.6) is 0 Å². The number of hydrogen-bond acceptors (Lipinski definition) is 7. The summed E-state index contributed by atoms with van der Waals surface area (Å²) in [5, 5.41) is 26.1. The van der Waals surface area contributed by atoms with E-state index < -0.39 is 0 Å². The highest BCUT2D eigenvalue weighted by molar-refractivity contribution is 5.47. The van der Waals surface area contributed by atoms with E-state index in [1.807, 2.05) is 6.07 Å². The predicted octanol–water partition coefficient (Wildman–Crippen LogP) is 2.28. The number of nitro benzene ring substituents is 1. The molecule has 0 bridgehead atoms. The van der Waals surface area contributed by atoms with Gasteiger partial charge in [-0.05, 0) is 12.8 Å². The zero-order chi connectivity index (χ0) is 16.9. The summed E-state index contributed by atoms with van der Waals surface area (Å²) in [6.45, 7) is 0.672. The molecule has 1 aromatic heterocycles. The first-order valence-electron chi connectivity index (χ1n) is 7.87. The third-order valence-corrected chi connectivity index (χ3v) is 3.78. The van der Waals surface area contributed by atoms with Gasteiger partial charge in [-0.25, -0.2) is 4.98 Å². The topological polar surface area (TPSA) is 113 Å². The number of rotatable bonds is 8. The van der Waals surface area contributed by atoms with Crippen molar-refractivity contribution in [1.82, 2.24) is 9.97 Å². The number of hydrogen-bond donors (Lipinski definition) is 3. The van der Waals surface area contributed by atoms with E-state index in [9.17, 15) is 10.1 Å². The van der Waals surface area contributed by atoms with Crippen molar-refractivity contribution in [2.75, 3.05) is 23.8 Å². The van der Waals surface area contributed by atoms with Crippen LogP contribution < -0.4 is 10.6 Å². The molecule has 0 spiro atoms. The van der Waals surface area contributed by atoms with E-state index in [1.54, 1.807) is 18.2 Å². The lowest BCUT2D eigenvalue weighted by Gasteiger charge is -2.11. The summed E-state index contributed by atoms with van der Waals surface area (Å²) in [5.41, 5.74) is 1.63. The third-order valence-electron chi connectivity index (χ3n) is 3.78. The van der Waals surface area contributed by atoms with Gasteiger partial charge in [0.15, 0.2) is 0 Å². The summed E-state index contributed by atoms with van der Waals surface area (Å²) < 4.78 is 0. The number of aromatic nitrogens is 2. The summed E-state index contributed by atoms with van der Waals surface area (Å²) in [7, 11) is 0. The Balaban J connectivity index is 1.77. The van der Waals surface area contributed by atoms with Crippen LogP contribution in [0.2, 0.25) is 0 Å². The molecule has 0 unspecified atom stereocenters. The number of nitrogens with one attached hydrogen (secondary N) is 2.